The van der Waals surface area contributed by atoms with Crippen molar-refractivity contribution in [3.8, 4) is 11.5 Å². The highest BCUT2D eigenvalue weighted by atomic mass is 16.5. The first-order valence-electron chi connectivity index (χ1n) is 6.84. The molecule has 1 aromatic carbocycles. The molecule has 1 aliphatic carbocycles. The Morgan fingerprint density at radius 3 is 2.56 bits per heavy atom. The monoisotopic (exact) mass is 249 g/mol. The Balaban J connectivity index is 2.11. The van der Waals surface area contributed by atoms with Crippen molar-refractivity contribution >= 4 is 0 Å². The van der Waals surface area contributed by atoms with Crippen molar-refractivity contribution in [1.82, 2.24) is 5.32 Å². The minimum atomic E-state index is 0.672. The fourth-order valence-corrected chi connectivity index (χ4v) is 2.44. The fourth-order valence-electron chi connectivity index (χ4n) is 2.44. The highest BCUT2D eigenvalue weighted by molar-refractivity contribution is 5.45. The Bertz CT molecular complexity index is 392. The number of ether oxygens (including phenoxy) is 2. The van der Waals surface area contributed by atoms with Crippen LogP contribution in [0.25, 0.3) is 0 Å². The second-order valence-corrected chi connectivity index (χ2v) is 4.73. The first-order chi connectivity index (χ1) is 8.80. The van der Waals surface area contributed by atoms with Crippen molar-refractivity contribution in [1.29, 1.82) is 0 Å². The van der Waals surface area contributed by atoms with E-state index < -0.39 is 0 Å². The Morgan fingerprint density at radius 2 is 1.89 bits per heavy atom. The highest BCUT2D eigenvalue weighted by Crippen LogP contribution is 2.48. The van der Waals surface area contributed by atoms with Gasteiger partial charge >= 0.3 is 0 Å². The van der Waals surface area contributed by atoms with Gasteiger partial charge < -0.3 is 14.8 Å². The van der Waals surface area contributed by atoms with Crippen LogP contribution in [0, 0.1) is 5.92 Å². The fraction of sp³-hybridized carbons (Fsp3) is 0.600. The number of benzene rings is 1. The normalized spacial score (nSPS) is 21.7. The number of rotatable bonds is 7. The van der Waals surface area contributed by atoms with Gasteiger partial charge in [0.15, 0.2) is 11.5 Å². The van der Waals surface area contributed by atoms with E-state index in [2.05, 4.69) is 17.4 Å². The molecule has 1 saturated carbocycles. The zero-order valence-corrected chi connectivity index (χ0v) is 11.5. The van der Waals surface area contributed by atoms with Gasteiger partial charge in [-0.3, -0.25) is 0 Å². The summed E-state index contributed by atoms with van der Waals surface area (Å²) in [7, 11) is 2.01. The van der Waals surface area contributed by atoms with Crippen LogP contribution in [-0.2, 0) is 0 Å². The van der Waals surface area contributed by atoms with Crippen LogP contribution in [0.4, 0.5) is 0 Å². The largest absolute Gasteiger partial charge is 0.490 e. The number of hydrogen-bond donors (Lipinski definition) is 1. The van der Waals surface area contributed by atoms with Crippen LogP contribution in [0.15, 0.2) is 18.2 Å². The maximum absolute atomic E-state index is 5.66. The topological polar surface area (TPSA) is 30.5 Å². The molecule has 3 heteroatoms. The lowest BCUT2D eigenvalue weighted by atomic mass is 10.1. The minimum Gasteiger partial charge on any atom is -0.490 e. The molecular weight excluding hydrogens is 226 g/mol. The summed E-state index contributed by atoms with van der Waals surface area (Å²) in [6, 6.07) is 6.36. The molecule has 1 fully saturated rings. The summed E-state index contributed by atoms with van der Waals surface area (Å²) in [6.07, 6.45) is 1.28. The summed E-state index contributed by atoms with van der Waals surface area (Å²) in [4.78, 5) is 0. The molecule has 0 saturated heterocycles. The average molecular weight is 249 g/mol. The van der Waals surface area contributed by atoms with Gasteiger partial charge in [-0.15, -0.1) is 0 Å². The molecule has 2 atom stereocenters. The SMILES string of the molecule is CCOc1ccc(C2CC2CNC)cc1OCC. The Kier molecular flexibility index (Phi) is 4.48. The Hall–Kier alpha value is -1.22. The number of nitrogens with one attached hydrogen (secondary N) is 1. The van der Waals surface area contributed by atoms with E-state index >= 15 is 0 Å². The van der Waals surface area contributed by atoms with Crippen molar-refractivity contribution < 1.29 is 9.47 Å². The van der Waals surface area contributed by atoms with Crippen molar-refractivity contribution in [2.45, 2.75) is 26.2 Å². The molecule has 2 unspecified atom stereocenters. The summed E-state index contributed by atoms with van der Waals surface area (Å²) >= 11 is 0. The number of hydrogen-bond acceptors (Lipinski definition) is 3. The van der Waals surface area contributed by atoms with Gasteiger partial charge in [0, 0.05) is 0 Å². The summed E-state index contributed by atoms with van der Waals surface area (Å²) in [5, 5.41) is 3.24. The summed E-state index contributed by atoms with van der Waals surface area (Å²) < 4.78 is 11.2. The van der Waals surface area contributed by atoms with Crippen LogP contribution in [0.2, 0.25) is 0 Å². The molecule has 3 nitrogen and oxygen atoms in total. The second-order valence-electron chi connectivity index (χ2n) is 4.73. The van der Waals surface area contributed by atoms with E-state index in [1.165, 1.54) is 12.0 Å². The van der Waals surface area contributed by atoms with Crippen molar-refractivity contribution in [2.24, 2.45) is 5.92 Å². The van der Waals surface area contributed by atoms with E-state index in [0.717, 1.165) is 24.0 Å². The van der Waals surface area contributed by atoms with Gasteiger partial charge in [0.1, 0.15) is 0 Å². The first kappa shape index (κ1) is 13.2. The average Bonchev–Trinajstić information content (AvgIpc) is 3.12. The quantitative estimate of drug-likeness (QED) is 0.806. The zero-order valence-electron chi connectivity index (χ0n) is 11.5. The summed E-state index contributed by atoms with van der Waals surface area (Å²) in [5.74, 6) is 3.20. The Morgan fingerprint density at radius 1 is 1.17 bits per heavy atom. The van der Waals surface area contributed by atoms with Crippen LogP contribution < -0.4 is 14.8 Å². The highest BCUT2D eigenvalue weighted by Gasteiger charge is 2.37. The lowest BCUT2D eigenvalue weighted by Gasteiger charge is -2.12. The molecule has 1 N–H and O–H groups in total. The lowest BCUT2D eigenvalue weighted by Crippen LogP contribution is -2.10. The lowest BCUT2D eigenvalue weighted by molar-refractivity contribution is 0.287. The van der Waals surface area contributed by atoms with Gasteiger partial charge in [0.05, 0.1) is 13.2 Å². The maximum atomic E-state index is 5.66. The predicted molar refractivity (Wildman–Crippen MR) is 73.6 cm³/mol. The van der Waals surface area contributed by atoms with E-state index in [1.807, 2.05) is 27.0 Å². The standard InChI is InChI=1S/C15H23NO2/c1-4-17-14-7-6-11(9-15(14)18-5-2)13-8-12(13)10-16-3/h6-7,9,12-13,16H,4-5,8,10H2,1-3H3. The minimum absolute atomic E-state index is 0.672. The molecule has 0 amide bonds. The van der Waals surface area contributed by atoms with Crippen LogP contribution >= 0.6 is 0 Å². The van der Waals surface area contributed by atoms with Crippen LogP contribution in [0.1, 0.15) is 31.7 Å². The van der Waals surface area contributed by atoms with E-state index in [9.17, 15) is 0 Å². The maximum Gasteiger partial charge on any atom is 0.161 e. The van der Waals surface area contributed by atoms with Crippen molar-refractivity contribution in [2.75, 3.05) is 26.8 Å². The molecule has 0 heterocycles. The van der Waals surface area contributed by atoms with Gasteiger partial charge in [-0.2, -0.15) is 0 Å². The molecule has 0 spiro atoms. The molecule has 2 rings (SSSR count). The molecule has 100 valence electrons. The van der Waals surface area contributed by atoms with Crippen LogP contribution in [0.3, 0.4) is 0 Å². The predicted octanol–water partition coefficient (Wildman–Crippen LogP) is 2.81. The van der Waals surface area contributed by atoms with Gasteiger partial charge in [-0.25, -0.2) is 0 Å². The first-order valence-corrected chi connectivity index (χ1v) is 6.84. The van der Waals surface area contributed by atoms with Crippen LogP contribution in [-0.4, -0.2) is 26.8 Å². The second kappa shape index (κ2) is 6.10. The molecule has 0 aromatic heterocycles. The van der Waals surface area contributed by atoms with Gasteiger partial charge in [-0.1, -0.05) is 6.07 Å². The van der Waals surface area contributed by atoms with Crippen LogP contribution in [0.5, 0.6) is 11.5 Å². The molecule has 1 aliphatic rings. The molecule has 0 aliphatic heterocycles. The third-order valence-corrected chi connectivity index (χ3v) is 3.38. The third-order valence-electron chi connectivity index (χ3n) is 3.38. The molecule has 0 radical (unpaired) electrons. The van der Waals surface area contributed by atoms with Crippen molar-refractivity contribution in [3.05, 3.63) is 23.8 Å². The molecule has 1 aromatic rings. The van der Waals surface area contributed by atoms with Crippen molar-refractivity contribution in [3.63, 3.8) is 0 Å². The summed E-state index contributed by atoms with van der Waals surface area (Å²) in [5.41, 5.74) is 1.38. The van der Waals surface area contributed by atoms with E-state index in [1.54, 1.807) is 0 Å². The Labute approximate surface area is 109 Å². The van der Waals surface area contributed by atoms with E-state index in [4.69, 9.17) is 9.47 Å². The molecule has 18 heavy (non-hydrogen) atoms. The zero-order chi connectivity index (χ0) is 13.0. The van der Waals surface area contributed by atoms with Gasteiger partial charge in [0.25, 0.3) is 0 Å². The van der Waals surface area contributed by atoms with E-state index in [-0.39, 0.29) is 0 Å². The third kappa shape index (κ3) is 2.96. The van der Waals surface area contributed by atoms with Gasteiger partial charge in [0.2, 0.25) is 0 Å². The molecular formula is C15H23NO2. The molecule has 0 bridgehead atoms. The van der Waals surface area contributed by atoms with Gasteiger partial charge in [-0.05, 0) is 63.4 Å². The van der Waals surface area contributed by atoms with E-state index in [0.29, 0.717) is 19.1 Å². The smallest absolute Gasteiger partial charge is 0.161 e. The summed E-state index contributed by atoms with van der Waals surface area (Å²) in [6.45, 7) is 6.44.